The molecule has 0 radical (unpaired) electrons. The number of hydrogen-bond acceptors (Lipinski definition) is 3. The number of carboxylic acids is 1. The van der Waals surface area contributed by atoms with Crippen molar-refractivity contribution in [1.82, 2.24) is 10.3 Å². The lowest BCUT2D eigenvalue weighted by molar-refractivity contribution is -0.203. The summed E-state index contributed by atoms with van der Waals surface area (Å²) in [6, 6.07) is 2.56. The van der Waals surface area contributed by atoms with Gasteiger partial charge in [-0.05, 0) is 35.0 Å². The fraction of sp³-hybridized carbons (Fsp3) is 0.300. The van der Waals surface area contributed by atoms with Crippen LogP contribution < -0.4 is 5.32 Å². The van der Waals surface area contributed by atoms with E-state index in [1.807, 2.05) is 0 Å². The highest BCUT2D eigenvalue weighted by Crippen LogP contribution is 2.30. The Morgan fingerprint density at radius 3 is 2.32 bits per heavy atom. The number of rotatable bonds is 3. The van der Waals surface area contributed by atoms with Gasteiger partial charge in [0.2, 0.25) is 5.54 Å². The zero-order valence-corrected chi connectivity index (χ0v) is 11.0. The van der Waals surface area contributed by atoms with Crippen LogP contribution in [0.4, 0.5) is 13.2 Å². The largest absolute Gasteiger partial charge is 0.479 e. The van der Waals surface area contributed by atoms with E-state index < -0.39 is 23.6 Å². The van der Waals surface area contributed by atoms with Gasteiger partial charge < -0.3 is 10.4 Å². The average Bonchev–Trinajstić information content (AvgIpc) is 2.27. The lowest BCUT2D eigenvalue weighted by Crippen LogP contribution is -2.62. The number of pyridine rings is 1. The fourth-order valence-electron chi connectivity index (χ4n) is 1.05. The minimum absolute atomic E-state index is 0.320. The lowest BCUT2D eigenvalue weighted by Gasteiger charge is -2.28. The summed E-state index contributed by atoms with van der Waals surface area (Å²) in [5, 5.41) is 10.1. The van der Waals surface area contributed by atoms with Gasteiger partial charge in [-0.25, -0.2) is 9.78 Å². The molecule has 1 rings (SSSR count). The van der Waals surface area contributed by atoms with Gasteiger partial charge in [0, 0.05) is 10.7 Å². The van der Waals surface area contributed by atoms with E-state index in [0.29, 0.717) is 11.4 Å². The monoisotopic (exact) mass is 340 g/mol. The van der Waals surface area contributed by atoms with E-state index in [1.54, 1.807) is 0 Å². The molecule has 0 aliphatic rings. The Morgan fingerprint density at radius 1 is 1.37 bits per heavy atom. The van der Waals surface area contributed by atoms with Gasteiger partial charge >= 0.3 is 12.1 Å². The molecule has 1 aromatic rings. The second kappa shape index (κ2) is 5.16. The average molecular weight is 341 g/mol. The van der Waals surface area contributed by atoms with Crippen molar-refractivity contribution in [3.63, 3.8) is 0 Å². The second-order valence-corrected chi connectivity index (χ2v) is 4.66. The molecule has 1 unspecified atom stereocenters. The molecule has 0 aliphatic heterocycles. The number of nitrogens with one attached hydrogen (secondary N) is 1. The van der Waals surface area contributed by atoms with Gasteiger partial charge in [0.1, 0.15) is 5.69 Å². The van der Waals surface area contributed by atoms with Gasteiger partial charge in [0.25, 0.3) is 5.91 Å². The van der Waals surface area contributed by atoms with Crippen molar-refractivity contribution in [1.29, 1.82) is 0 Å². The van der Waals surface area contributed by atoms with Gasteiger partial charge in [0.15, 0.2) is 0 Å². The molecule has 5 nitrogen and oxygen atoms in total. The fourth-order valence-corrected chi connectivity index (χ4v) is 1.28. The van der Waals surface area contributed by atoms with Gasteiger partial charge in [-0.3, -0.25) is 4.79 Å². The third-order valence-electron chi connectivity index (χ3n) is 2.32. The Bertz CT molecular complexity index is 504. The Balaban J connectivity index is 3.02. The van der Waals surface area contributed by atoms with Crippen molar-refractivity contribution in [2.45, 2.75) is 18.6 Å². The van der Waals surface area contributed by atoms with Crippen LogP contribution in [0.2, 0.25) is 0 Å². The molecule has 9 heteroatoms. The highest BCUT2D eigenvalue weighted by Gasteiger charge is 2.58. The van der Waals surface area contributed by atoms with Crippen LogP contribution in [0.15, 0.2) is 22.8 Å². The maximum atomic E-state index is 12.7. The lowest BCUT2D eigenvalue weighted by atomic mass is 10.0. The van der Waals surface area contributed by atoms with E-state index >= 15 is 0 Å². The van der Waals surface area contributed by atoms with Crippen molar-refractivity contribution in [3.8, 4) is 0 Å². The zero-order chi connectivity index (χ0) is 14.8. The molecule has 0 saturated carbocycles. The van der Waals surface area contributed by atoms with E-state index in [0.717, 1.165) is 6.07 Å². The predicted octanol–water partition coefficient (Wildman–Crippen LogP) is 1.98. The van der Waals surface area contributed by atoms with Crippen LogP contribution in [0, 0.1) is 0 Å². The molecule has 1 amide bonds. The molecule has 0 fully saturated rings. The van der Waals surface area contributed by atoms with Crippen molar-refractivity contribution < 1.29 is 27.9 Å². The molecular weight excluding hydrogens is 333 g/mol. The van der Waals surface area contributed by atoms with Crippen LogP contribution in [0.5, 0.6) is 0 Å². The topological polar surface area (TPSA) is 79.3 Å². The molecule has 2 N–H and O–H groups in total. The Labute approximate surface area is 114 Å². The Morgan fingerprint density at radius 2 is 1.95 bits per heavy atom. The molecule has 1 aromatic heterocycles. The predicted molar refractivity (Wildman–Crippen MR) is 61.5 cm³/mol. The van der Waals surface area contributed by atoms with Gasteiger partial charge in [-0.2, -0.15) is 13.2 Å². The first kappa shape index (κ1) is 15.4. The highest BCUT2D eigenvalue weighted by atomic mass is 79.9. The van der Waals surface area contributed by atoms with Gasteiger partial charge in [0.05, 0.1) is 0 Å². The van der Waals surface area contributed by atoms with Crippen LogP contribution in [-0.4, -0.2) is 33.7 Å². The van der Waals surface area contributed by atoms with Crippen LogP contribution in [-0.2, 0) is 4.79 Å². The molecule has 0 aromatic carbocycles. The van der Waals surface area contributed by atoms with Crippen molar-refractivity contribution in [2.75, 3.05) is 0 Å². The van der Waals surface area contributed by atoms with E-state index in [2.05, 4.69) is 20.9 Å². The molecule has 1 atom stereocenters. The molecular formula is C10H8BrF3N2O3. The van der Waals surface area contributed by atoms with Crippen LogP contribution in [0.3, 0.4) is 0 Å². The van der Waals surface area contributed by atoms with Crippen LogP contribution in [0.25, 0.3) is 0 Å². The van der Waals surface area contributed by atoms with Gasteiger partial charge in [-0.15, -0.1) is 0 Å². The van der Waals surface area contributed by atoms with Crippen LogP contribution in [0.1, 0.15) is 17.4 Å². The van der Waals surface area contributed by atoms with E-state index in [9.17, 15) is 22.8 Å². The Kier molecular flexibility index (Phi) is 4.18. The number of aromatic nitrogens is 1. The summed E-state index contributed by atoms with van der Waals surface area (Å²) in [5.74, 6) is -3.43. The summed E-state index contributed by atoms with van der Waals surface area (Å²) in [4.78, 5) is 25.9. The number of alkyl halides is 3. The summed E-state index contributed by atoms with van der Waals surface area (Å²) in [6.07, 6.45) is -3.93. The number of halogens is 4. The highest BCUT2D eigenvalue weighted by molar-refractivity contribution is 9.10. The molecule has 0 saturated heterocycles. The maximum Gasteiger partial charge on any atom is 0.422 e. The number of carbonyl (C=O) groups excluding carboxylic acids is 1. The Hall–Kier alpha value is -1.64. The van der Waals surface area contributed by atoms with Crippen LogP contribution >= 0.6 is 15.9 Å². The summed E-state index contributed by atoms with van der Waals surface area (Å²) in [5.41, 5.74) is -3.70. The first-order valence-corrected chi connectivity index (χ1v) is 5.61. The number of carboxylic acid groups (broad SMARTS) is 1. The van der Waals surface area contributed by atoms with Crippen molar-refractivity contribution in [2.24, 2.45) is 0 Å². The quantitative estimate of drug-likeness (QED) is 0.881. The third kappa shape index (κ3) is 3.22. The molecule has 0 aliphatic carbocycles. The zero-order valence-electron chi connectivity index (χ0n) is 9.45. The first-order valence-electron chi connectivity index (χ1n) is 4.82. The summed E-state index contributed by atoms with van der Waals surface area (Å²) in [6.45, 7) is 0.367. The molecule has 0 bridgehead atoms. The van der Waals surface area contributed by atoms with Gasteiger partial charge in [-0.1, -0.05) is 0 Å². The molecule has 0 spiro atoms. The summed E-state index contributed by atoms with van der Waals surface area (Å²) >= 11 is 3.04. The summed E-state index contributed by atoms with van der Waals surface area (Å²) < 4.78 is 38.5. The third-order valence-corrected chi connectivity index (χ3v) is 2.79. The van der Waals surface area contributed by atoms with Crippen molar-refractivity contribution in [3.05, 3.63) is 28.5 Å². The SMILES string of the molecule is CC(NC(=O)c1ccc(Br)cn1)(C(=O)O)C(F)(F)F. The molecule has 1 heterocycles. The smallest absolute Gasteiger partial charge is 0.422 e. The standard InChI is InChI=1S/C10H8BrF3N2O3/c1-9(8(18)19,10(12,13)14)16-7(17)6-3-2-5(11)4-15-6/h2-4H,1H3,(H,16,17)(H,18,19). The number of nitrogens with zero attached hydrogens (tertiary/aromatic N) is 1. The number of aliphatic carboxylic acids is 1. The second-order valence-electron chi connectivity index (χ2n) is 3.74. The summed E-state index contributed by atoms with van der Waals surface area (Å²) in [7, 11) is 0. The van der Waals surface area contributed by atoms with Crippen molar-refractivity contribution >= 4 is 27.8 Å². The van der Waals surface area contributed by atoms with E-state index in [-0.39, 0.29) is 5.69 Å². The normalized spacial score (nSPS) is 14.6. The molecule has 104 valence electrons. The number of hydrogen-bond donors (Lipinski definition) is 2. The molecule has 19 heavy (non-hydrogen) atoms. The number of amides is 1. The number of carbonyl (C=O) groups is 2. The van der Waals surface area contributed by atoms with E-state index in [4.69, 9.17) is 5.11 Å². The minimum atomic E-state index is -5.14. The first-order chi connectivity index (χ1) is 8.58. The maximum absolute atomic E-state index is 12.7. The minimum Gasteiger partial charge on any atom is -0.479 e. The van der Waals surface area contributed by atoms with E-state index in [1.165, 1.54) is 17.6 Å².